The molecule has 3 heterocycles. The number of imidazole rings is 1. The van der Waals surface area contributed by atoms with Gasteiger partial charge in [-0.15, -0.1) is 0 Å². The fourth-order valence-electron chi connectivity index (χ4n) is 2.76. The largest absolute Gasteiger partial charge is 0.506 e. The third kappa shape index (κ3) is 2.67. The summed E-state index contributed by atoms with van der Waals surface area (Å²) in [6.07, 6.45) is 6.47. The highest BCUT2D eigenvalue weighted by atomic mass is 16.3. The lowest BCUT2D eigenvalue weighted by Crippen LogP contribution is -2.49. The number of pyridine rings is 1. The molecule has 22 heavy (non-hydrogen) atoms. The van der Waals surface area contributed by atoms with Crippen LogP contribution in [0.2, 0.25) is 0 Å². The highest BCUT2D eigenvalue weighted by Crippen LogP contribution is 2.23. The van der Waals surface area contributed by atoms with Crippen molar-refractivity contribution in [2.24, 2.45) is 7.05 Å². The van der Waals surface area contributed by atoms with Gasteiger partial charge < -0.3 is 14.6 Å². The Kier molecular flexibility index (Phi) is 3.81. The van der Waals surface area contributed by atoms with Crippen LogP contribution in [-0.4, -0.2) is 62.0 Å². The lowest BCUT2D eigenvalue weighted by atomic mass is 10.1. The molecule has 1 aliphatic heterocycles. The van der Waals surface area contributed by atoms with Crippen LogP contribution in [0.5, 0.6) is 5.75 Å². The zero-order chi connectivity index (χ0) is 15.7. The lowest BCUT2D eigenvalue weighted by Gasteiger charge is -2.39. The Balaban J connectivity index is 1.81. The third-order valence-electron chi connectivity index (χ3n) is 4.06. The van der Waals surface area contributed by atoms with Crippen LogP contribution in [0.1, 0.15) is 22.2 Å². The van der Waals surface area contributed by atoms with Crippen molar-refractivity contribution in [3.8, 4) is 5.75 Å². The van der Waals surface area contributed by atoms with E-state index in [1.165, 1.54) is 18.5 Å². The van der Waals surface area contributed by atoms with E-state index in [1.807, 2.05) is 24.9 Å². The molecule has 1 atom stereocenters. The Hall–Kier alpha value is -2.41. The Morgan fingerprint density at radius 3 is 2.82 bits per heavy atom. The molecule has 0 bridgehead atoms. The van der Waals surface area contributed by atoms with E-state index in [-0.39, 0.29) is 17.7 Å². The molecule has 0 spiro atoms. The molecule has 1 fully saturated rings. The predicted octanol–water partition coefficient (Wildman–Crippen LogP) is 0.650. The minimum Gasteiger partial charge on any atom is -0.506 e. The monoisotopic (exact) mass is 301 g/mol. The molecule has 1 amide bonds. The van der Waals surface area contributed by atoms with Crippen LogP contribution in [0, 0.1) is 0 Å². The average Bonchev–Trinajstić information content (AvgIpc) is 2.93. The predicted molar refractivity (Wildman–Crippen MR) is 80.4 cm³/mol. The number of aryl methyl sites for hydroxylation is 1. The van der Waals surface area contributed by atoms with Crippen LogP contribution in [0.4, 0.5) is 0 Å². The van der Waals surface area contributed by atoms with E-state index in [0.29, 0.717) is 18.7 Å². The normalized spacial score (nSPS) is 19.4. The van der Waals surface area contributed by atoms with E-state index in [0.717, 1.165) is 12.4 Å². The summed E-state index contributed by atoms with van der Waals surface area (Å²) in [6.45, 7) is 1.98. The number of aromatic nitrogens is 3. The van der Waals surface area contributed by atoms with Crippen LogP contribution in [0.25, 0.3) is 0 Å². The van der Waals surface area contributed by atoms with Crippen molar-refractivity contribution in [2.45, 2.75) is 6.04 Å². The van der Waals surface area contributed by atoms with E-state index in [1.54, 1.807) is 11.1 Å². The van der Waals surface area contributed by atoms with E-state index in [9.17, 15) is 9.90 Å². The number of likely N-dealkylation sites (N-methyl/N-ethyl adjacent to an activating group) is 1. The Labute approximate surface area is 128 Å². The number of rotatable bonds is 2. The topological polar surface area (TPSA) is 74.5 Å². The number of amides is 1. The number of hydrogen-bond acceptors (Lipinski definition) is 5. The summed E-state index contributed by atoms with van der Waals surface area (Å²) in [4.78, 5) is 24.9. The number of piperazine rings is 1. The van der Waals surface area contributed by atoms with Crippen molar-refractivity contribution in [1.82, 2.24) is 24.3 Å². The third-order valence-corrected chi connectivity index (χ3v) is 4.06. The highest BCUT2D eigenvalue weighted by molar-refractivity contribution is 5.94. The van der Waals surface area contributed by atoms with Gasteiger partial charge in [0.2, 0.25) is 0 Å². The Morgan fingerprint density at radius 2 is 2.14 bits per heavy atom. The molecule has 0 radical (unpaired) electrons. The smallest absolute Gasteiger partial charge is 0.255 e. The quantitative estimate of drug-likeness (QED) is 0.881. The van der Waals surface area contributed by atoms with Gasteiger partial charge in [-0.3, -0.25) is 14.7 Å². The molecule has 7 heteroatoms. The maximum absolute atomic E-state index is 12.6. The minimum atomic E-state index is -0.115. The summed E-state index contributed by atoms with van der Waals surface area (Å²) in [5, 5.41) is 9.49. The second-order valence-corrected chi connectivity index (χ2v) is 5.58. The first-order valence-electron chi connectivity index (χ1n) is 7.17. The van der Waals surface area contributed by atoms with Crippen LogP contribution in [0.3, 0.4) is 0 Å². The van der Waals surface area contributed by atoms with Crippen molar-refractivity contribution < 1.29 is 9.90 Å². The summed E-state index contributed by atoms with van der Waals surface area (Å²) >= 11 is 0. The first-order chi connectivity index (χ1) is 10.6. The molecular weight excluding hydrogens is 282 g/mol. The molecule has 1 aliphatic rings. The van der Waals surface area contributed by atoms with Crippen molar-refractivity contribution >= 4 is 5.91 Å². The molecule has 1 N–H and O–H groups in total. The molecule has 0 saturated carbocycles. The van der Waals surface area contributed by atoms with Crippen LogP contribution < -0.4 is 0 Å². The second-order valence-electron chi connectivity index (χ2n) is 5.58. The number of hydrogen-bond donors (Lipinski definition) is 1. The van der Waals surface area contributed by atoms with E-state index in [2.05, 4.69) is 14.9 Å². The zero-order valence-corrected chi connectivity index (χ0v) is 12.7. The highest BCUT2D eigenvalue weighted by Gasteiger charge is 2.31. The van der Waals surface area contributed by atoms with Gasteiger partial charge in [-0.05, 0) is 13.1 Å². The van der Waals surface area contributed by atoms with Crippen molar-refractivity contribution in [3.05, 3.63) is 42.2 Å². The van der Waals surface area contributed by atoms with E-state index >= 15 is 0 Å². The summed E-state index contributed by atoms with van der Waals surface area (Å²) in [5.41, 5.74) is 0.406. The zero-order valence-electron chi connectivity index (χ0n) is 12.7. The summed E-state index contributed by atoms with van der Waals surface area (Å²) < 4.78 is 1.98. The van der Waals surface area contributed by atoms with Crippen molar-refractivity contribution in [1.29, 1.82) is 0 Å². The minimum absolute atomic E-state index is 0.000582. The molecular formula is C15H19N5O2. The van der Waals surface area contributed by atoms with Gasteiger partial charge in [0.25, 0.3) is 5.91 Å². The number of carbonyl (C=O) groups is 1. The first kappa shape index (κ1) is 14.5. The molecule has 116 valence electrons. The summed E-state index contributed by atoms with van der Waals surface area (Å²) in [7, 11) is 3.99. The first-order valence-corrected chi connectivity index (χ1v) is 7.17. The van der Waals surface area contributed by atoms with E-state index in [4.69, 9.17) is 0 Å². The number of aromatic hydroxyl groups is 1. The summed E-state index contributed by atoms with van der Waals surface area (Å²) in [5.74, 6) is 0.824. The number of carbonyl (C=O) groups excluding carboxylic acids is 1. The van der Waals surface area contributed by atoms with Crippen LogP contribution in [-0.2, 0) is 7.05 Å². The van der Waals surface area contributed by atoms with Gasteiger partial charge in [-0.2, -0.15) is 0 Å². The van der Waals surface area contributed by atoms with Gasteiger partial charge in [0.1, 0.15) is 11.6 Å². The summed E-state index contributed by atoms with van der Waals surface area (Å²) in [6, 6.07) is 1.51. The van der Waals surface area contributed by atoms with Gasteiger partial charge in [-0.25, -0.2) is 4.98 Å². The fraction of sp³-hybridized carbons (Fsp3) is 0.400. The SMILES string of the molecule is CN1CCN(C(=O)c2cncc(O)c2)C[C@@H]1c1nccn1C. The van der Waals surface area contributed by atoms with E-state index < -0.39 is 0 Å². The second kappa shape index (κ2) is 5.76. The molecule has 0 aliphatic carbocycles. The Bertz CT molecular complexity index is 684. The van der Waals surface area contributed by atoms with Crippen molar-refractivity contribution in [3.63, 3.8) is 0 Å². The average molecular weight is 301 g/mol. The molecule has 7 nitrogen and oxygen atoms in total. The van der Waals surface area contributed by atoms with Gasteiger partial charge in [-0.1, -0.05) is 0 Å². The number of nitrogens with zero attached hydrogens (tertiary/aromatic N) is 5. The maximum Gasteiger partial charge on any atom is 0.255 e. The Morgan fingerprint density at radius 1 is 1.32 bits per heavy atom. The molecule has 2 aromatic rings. The van der Waals surface area contributed by atoms with Gasteiger partial charge in [0.15, 0.2) is 0 Å². The fourth-order valence-corrected chi connectivity index (χ4v) is 2.76. The van der Waals surface area contributed by atoms with Crippen LogP contribution in [0.15, 0.2) is 30.9 Å². The van der Waals surface area contributed by atoms with Gasteiger partial charge in [0.05, 0.1) is 17.8 Å². The van der Waals surface area contributed by atoms with Gasteiger partial charge >= 0.3 is 0 Å². The van der Waals surface area contributed by atoms with Crippen molar-refractivity contribution in [2.75, 3.05) is 26.7 Å². The molecule has 0 aromatic carbocycles. The molecule has 0 unspecified atom stereocenters. The van der Waals surface area contributed by atoms with Crippen LogP contribution >= 0.6 is 0 Å². The van der Waals surface area contributed by atoms with Gasteiger partial charge in [0, 0.05) is 45.3 Å². The molecule has 2 aromatic heterocycles. The standard InChI is InChI=1S/C15H19N5O2/c1-18-5-6-20(10-13(18)14-17-3-4-19(14)2)15(22)11-7-12(21)9-16-8-11/h3-4,7-9,13,21H,5-6,10H2,1-2H3/t13-/m1/s1. The molecule has 1 saturated heterocycles. The lowest BCUT2D eigenvalue weighted by molar-refractivity contribution is 0.0528. The maximum atomic E-state index is 12.6. The molecule has 3 rings (SSSR count).